The van der Waals surface area contributed by atoms with E-state index < -0.39 is 0 Å². The van der Waals surface area contributed by atoms with Crippen molar-refractivity contribution in [3.05, 3.63) is 16.6 Å². The van der Waals surface area contributed by atoms with Gasteiger partial charge in [0.05, 0.1) is 11.2 Å². The maximum Gasteiger partial charge on any atom is 0.220 e. The monoisotopic (exact) mass is 327 g/mol. The van der Waals surface area contributed by atoms with Gasteiger partial charge in [-0.2, -0.15) is 0 Å². The van der Waals surface area contributed by atoms with Gasteiger partial charge in [-0.25, -0.2) is 4.98 Å². The van der Waals surface area contributed by atoms with E-state index in [4.69, 9.17) is 5.73 Å². The molecule has 0 aliphatic rings. The highest BCUT2D eigenvalue weighted by molar-refractivity contribution is 7.07. The summed E-state index contributed by atoms with van der Waals surface area (Å²) in [7, 11) is 0. The average molecular weight is 328 g/mol. The van der Waals surface area contributed by atoms with E-state index >= 15 is 0 Å². The molecule has 1 heterocycles. The van der Waals surface area contributed by atoms with Gasteiger partial charge in [-0.1, -0.05) is 13.8 Å². The molecule has 3 N–H and O–H groups in total. The highest BCUT2D eigenvalue weighted by atomic mass is 35.5. The fourth-order valence-corrected chi connectivity index (χ4v) is 2.06. The molecular formula is C12H23Cl2N3OS. The van der Waals surface area contributed by atoms with Crippen LogP contribution in [0.1, 0.15) is 38.8 Å². The number of nitrogens with two attached hydrogens (primary N) is 1. The lowest BCUT2D eigenvalue weighted by Gasteiger charge is -2.26. The van der Waals surface area contributed by atoms with Crippen LogP contribution in [0.2, 0.25) is 0 Å². The molecule has 1 amide bonds. The van der Waals surface area contributed by atoms with Crippen LogP contribution in [0.4, 0.5) is 0 Å². The second-order valence-corrected chi connectivity index (χ2v) is 5.04. The lowest BCUT2D eigenvalue weighted by molar-refractivity contribution is -0.121. The number of nitrogens with one attached hydrogen (secondary N) is 1. The summed E-state index contributed by atoms with van der Waals surface area (Å²) in [6.07, 6.45) is 2.92. The van der Waals surface area contributed by atoms with E-state index in [9.17, 15) is 4.79 Å². The molecule has 0 bridgehead atoms. The minimum absolute atomic E-state index is 0. The fourth-order valence-electron chi connectivity index (χ4n) is 1.47. The van der Waals surface area contributed by atoms with Crippen LogP contribution in [-0.2, 0) is 11.2 Å². The number of aromatic nitrogens is 1. The molecule has 0 atom stereocenters. The van der Waals surface area contributed by atoms with Gasteiger partial charge in [0.15, 0.2) is 0 Å². The Morgan fingerprint density at radius 1 is 1.42 bits per heavy atom. The highest BCUT2D eigenvalue weighted by Gasteiger charge is 2.20. The third kappa shape index (κ3) is 7.72. The molecule has 4 nitrogen and oxygen atoms in total. The topological polar surface area (TPSA) is 68.0 Å². The fraction of sp³-hybridized carbons (Fsp3) is 0.667. The summed E-state index contributed by atoms with van der Waals surface area (Å²) in [6.45, 7) is 4.64. The standard InChI is InChI=1S/C12H21N3OS.2ClH/c1-3-12(13,4-2)8-14-11(16)6-5-10-7-17-9-15-10;;/h7,9H,3-6,8,13H2,1-2H3,(H,14,16);2*1H. The van der Waals surface area contributed by atoms with E-state index in [1.165, 1.54) is 0 Å². The number of hydrogen-bond acceptors (Lipinski definition) is 4. The second kappa shape index (κ2) is 10.4. The molecule has 1 aromatic heterocycles. The van der Waals surface area contributed by atoms with Gasteiger partial charge in [0, 0.05) is 23.9 Å². The van der Waals surface area contributed by atoms with Crippen molar-refractivity contribution in [2.24, 2.45) is 5.73 Å². The molecule has 7 heteroatoms. The summed E-state index contributed by atoms with van der Waals surface area (Å²) in [5.74, 6) is 0.0507. The van der Waals surface area contributed by atoms with Crippen LogP contribution < -0.4 is 11.1 Å². The minimum atomic E-state index is -0.268. The molecule has 112 valence electrons. The van der Waals surface area contributed by atoms with Crippen molar-refractivity contribution >= 4 is 42.1 Å². The zero-order valence-corrected chi connectivity index (χ0v) is 13.8. The van der Waals surface area contributed by atoms with Gasteiger partial charge in [0.1, 0.15) is 0 Å². The van der Waals surface area contributed by atoms with E-state index in [0.717, 1.165) is 18.5 Å². The first-order chi connectivity index (χ1) is 8.09. The van der Waals surface area contributed by atoms with Gasteiger partial charge in [0.25, 0.3) is 0 Å². The third-order valence-corrected chi connectivity index (χ3v) is 3.77. The Balaban J connectivity index is 0. The van der Waals surface area contributed by atoms with Crippen LogP contribution in [0.15, 0.2) is 10.9 Å². The Morgan fingerprint density at radius 2 is 2.05 bits per heavy atom. The Morgan fingerprint density at radius 3 is 2.53 bits per heavy atom. The molecule has 0 saturated carbocycles. The molecule has 0 saturated heterocycles. The predicted octanol–water partition coefficient (Wildman–Crippen LogP) is 2.55. The first kappa shape index (κ1) is 20.9. The van der Waals surface area contributed by atoms with Crippen LogP contribution in [0, 0.1) is 0 Å². The van der Waals surface area contributed by atoms with Crippen molar-refractivity contribution in [3.63, 3.8) is 0 Å². The smallest absolute Gasteiger partial charge is 0.220 e. The molecule has 0 radical (unpaired) electrons. The van der Waals surface area contributed by atoms with E-state index in [2.05, 4.69) is 10.3 Å². The largest absolute Gasteiger partial charge is 0.354 e. The summed E-state index contributed by atoms with van der Waals surface area (Å²) in [6, 6.07) is 0. The average Bonchev–Trinajstić information content (AvgIpc) is 2.86. The summed E-state index contributed by atoms with van der Waals surface area (Å²) in [5.41, 5.74) is 8.61. The van der Waals surface area contributed by atoms with Crippen molar-refractivity contribution < 1.29 is 4.79 Å². The third-order valence-electron chi connectivity index (χ3n) is 3.14. The molecule has 0 aliphatic carbocycles. The molecule has 19 heavy (non-hydrogen) atoms. The summed E-state index contributed by atoms with van der Waals surface area (Å²) in [4.78, 5) is 15.8. The van der Waals surface area contributed by atoms with E-state index in [1.807, 2.05) is 19.2 Å². The minimum Gasteiger partial charge on any atom is -0.354 e. The number of nitrogens with zero attached hydrogens (tertiary/aromatic N) is 1. The van der Waals surface area contributed by atoms with Crippen LogP contribution in [-0.4, -0.2) is 23.0 Å². The zero-order valence-electron chi connectivity index (χ0n) is 11.3. The molecule has 1 aromatic rings. The van der Waals surface area contributed by atoms with Gasteiger partial charge in [-0.3, -0.25) is 4.79 Å². The van der Waals surface area contributed by atoms with Crippen LogP contribution in [0.25, 0.3) is 0 Å². The Hall–Kier alpha value is -0.360. The normalized spacial score (nSPS) is 10.3. The van der Waals surface area contributed by atoms with Crippen molar-refractivity contribution in [1.82, 2.24) is 10.3 Å². The van der Waals surface area contributed by atoms with Crippen LogP contribution >= 0.6 is 36.2 Å². The number of carbonyl (C=O) groups excluding carboxylic acids is 1. The summed E-state index contributed by atoms with van der Waals surface area (Å²) < 4.78 is 0. The molecular weight excluding hydrogens is 305 g/mol. The zero-order chi connectivity index (χ0) is 12.7. The molecule has 0 unspecified atom stereocenters. The molecule has 0 aromatic carbocycles. The quantitative estimate of drug-likeness (QED) is 0.808. The van der Waals surface area contributed by atoms with Crippen molar-refractivity contribution in [2.45, 2.75) is 45.1 Å². The lowest BCUT2D eigenvalue weighted by atomic mass is 9.94. The van der Waals surface area contributed by atoms with E-state index in [0.29, 0.717) is 19.4 Å². The number of thiazole rings is 1. The molecule has 0 spiro atoms. The number of rotatable bonds is 7. The Labute approximate surface area is 131 Å². The molecule has 0 aliphatic heterocycles. The van der Waals surface area contributed by atoms with E-state index in [-0.39, 0.29) is 36.3 Å². The lowest BCUT2D eigenvalue weighted by Crippen LogP contribution is -2.49. The number of amides is 1. The van der Waals surface area contributed by atoms with Gasteiger partial charge >= 0.3 is 0 Å². The number of hydrogen-bond donors (Lipinski definition) is 2. The SMILES string of the molecule is CCC(N)(CC)CNC(=O)CCc1cscn1.Cl.Cl. The highest BCUT2D eigenvalue weighted by Crippen LogP contribution is 2.09. The number of halogens is 2. The Kier molecular flexibility index (Phi) is 11.5. The van der Waals surface area contributed by atoms with Gasteiger partial charge in [-0.05, 0) is 19.3 Å². The first-order valence-electron chi connectivity index (χ1n) is 6.02. The van der Waals surface area contributed by atoms with Gasteiger partial charge < -0.3 is 11.1 Å². The maximum atomic E-state index is 11.6. The second-order valence-electron chi connectivity index (χ2n) is 4.33. The van der Waals surface area contributed by atoms with Crippen molar-refractivity contribution in [1.29, 1.82) is 0 Å². The maximum absolute atomic E-state index is 11.6. The van der Waals surface area contributed by atoms with Crippen LogP contribution in [0.3, 0.4) is 0 Å². The predicted molar refractivity (Wildman–Crippen MR) is 85.4 cm³/mol. The molecule has 1 rings (SSSR count). The number of aryl methyl sites for hydroxylation is 1. The van der Waals surface area contributed by atoms with Gasteiger partial charge in [0.2, 0.25) is 5.91 Å². The molecule has 0 fully saturated rings. The number of carbonyl (C=O) groups is 1. The van der Waals surface area contributed by atoms with Gasteiger partial charge in [-0.15, -0.1) is 36.2 Å². The summed E-state index contributed by atoms with van der Waals surface area (Å²) in [5, 5.41) is 4.87. The summed E-state index contributed by atoms with van der Waals surface area (Å²) >= 11 is 1.55. The van der Waals surface area contributed by atoms with Crippen molar-refractivity contribution in [3.8, 4) is 0 Å². The first-order valence-corrected chi connectivity index (χ1v) is 6.96. The van der Waals surface area contributed by atoms with Crippen molar-refractivity contribution in [2.75, 3.05) is 6.54 Å². The van der Waals surface area contributed by atoms with Crippen LogP contribution in [0.5, 0.6) is 0 Å². The van der Waals surface area contributed by atoms with E-state index in [1.54, 1.807) is 16.8 Å². The Bertz CT molecular complexity index is 343.